The minimum atomic E-state index is 0.0544. The molecule has 2 aliphatic heterocycles. The third-order valence-corrected chi connectivity index (χ3v) is 2.80. The van der Waals surface area contributed by atoms with Gasteiger partial charge in [0.2, 0.25) is 6.79 Å². The van der Waals surface area contributed by atoms with Gasteiger partial charge >= 0.3 is 0 Å². The Morgan fingerprint density at radius 3 is 3.00 bits per heavy atom. The van der Waals surface area contributed by atoms with Crippen LogP contribution in [0.25, 0.3) is 0 Å². The highest BCUT2D eigenvalue weighted by Gasteiger charge is 2.24. The zero-order valence-electron chi connectivity index (χ0n) is 9.14. The Balaban J connectivity index is 1.67. The summed E-state index contributed by atoms with van der Waals surface area (Å²) in [5.74, 6) is 1.61. The van der Waals surface area contributed by atoms with Crippen molar-refractivity contribution in [3.05, 3.63) is 23.8 Å². The molecular formula is C12H14O4. The lowest BCUT2D eigenvalue weighted by atomic mass is 10.1. The molecule has 1 saturated heterocycles. The highest BCUT2D eigenvalue weighted by molar-refractivity contribution is 5.44. The quantitative estimate of drug-likeness (QED) is 0.729. The molecule has 1 aromatic carbocycles. The van der Waals surface area contributed by atoms with Crippen LogP contribution in [0, 0.1) is 0 Å². The molecule has 86 valence electrons. The highest BCUT2D eigenvalue weighted by atomic mass is 16.7. The van der Waals surface area contributed by atoms with Crippen molar-refractivity contribution >= 4 is 0 Å². The molecule has 1 fully saturated rings. The maximum Gasteiger partial charge on any atom is 0.231 e. The first kappa shape index (κ1) is 9.93. The van der Waals surface area contributed by atoms with E-state index in [-0.39, 0.29) is 6.10 Å². The summed E-state index contributed by atoms with van der Waals surface area (Å²) in [6, 6.07) is 5.90. The van der Waals surface area contributed by atoms with E-state index in [1.54, 1.807) is 0 Å². The average Bonchev–Trinajstić information content (AvgIpc) is 3.01. The van der Waals surface area contributed by atoms with E-state index in [1.807, 2.05) is 25.1 Å². The van der Waals surface area contributed by atoms with Gasteiger partial charge in [0.15, 0.2) is 11.5 Å². The van der Waals surface area contributed by atoms with E-state index in [2.05, 4.69) is 0 Å². The van der Waals surface area contributed by atoms with Gasteiger partial charge in [-0.3, -0.25) is 0 Å². The molecule has 0 spiro atoms. The van der Waals surface area contributed by atoms with Gasteiger partial charge in [-0.25, -0.2) is 0 Å². The fourth-order valence-corrected chi connectivity index (χ4v) is 1.68. The summed E-state index contributed by atoms with van der Waals surface area (Å²) < 4.78 is 21.4. The predicted molar refractivity (Wildman–Crippen MR) is 56.7 cm³/mol. The molecule has 0 aliphatic carbocycles. The number of hydrogen-bond donors (Lipinski definition) is 0. The second-order valence-corrected chi connectivity index (χ2v) is 4.04. The molecule has 2 heterocycles. The maximum absolute atomic E-state index is 5.69. The third kappa shape index (κ3) is 1.99. The van der Waals surface area contributed by atoms with Crippen molar-refractivity contribution in [1.29, 1.82) is 0 Å². The Bertz CT molecular complexity index is 387. The van der Waals surface area contributed by atoms with E-state index in [9.17, 15) is 0 Å². The summed E-state index contributed by atoms with van der Waals surface area (Å²) in [4.78, 5) is 0. The molecule has 0 bridgehead atoms. The summed E-state index contributed by atoms with van der Waals surface area (Å²) >= 11 is 0. The Kier molecular flexibility index (Phi) is 2.46. The zero-order chi connectivity index (χ0) is 11.0. The minimum Gasteiger partial charge on any atom is -0.454 e. The summed E-state index contributed by atoms with van der Waals surface area (Å²) in [7, 11) is 0. The van der Waals surface area contributed by atoms with Crippen molar-refractivity contribution in [2.75, 3.05) is 20.0 Å². The van der Waals surface area contributed by atoms with E-state index >= 15 is 0 Å². The van der Waals surface area contributed by atoms with Crippen molar-refractivity contribution in [3.63, 3.8) is 0 Å². The van der Waals surface area contributed by atoms with Gasteiger partial charge in [0.1, 0.15) is 6.10 Å². The monoisotopic (exact) mass is 222 g/mol. The molecule has 0 radical (unpaired) electrons. The van der Waals surface area contributed by atoms with Crippen LogP contribution in [0.1, 0.15) is 18.6 Å². The third-order valence-electron chi connectivity index (χ3n) is 2.80. The number of epoxide rings is 1. The van der Waals surface area contributed by atoms with Crippen molar-refractivity contribution in [3.8, 4) is 11.5 Å². The summed E-state index contributed by atoms with van der Waals surface area (Å²) in [5, 5.41) is 0. The first-order chi connectivity index (χ1) is 7.83. The smallest absolute Gasteiger partial charge is 0.231 e. The Labute approximate surface area is 94.1 Å². The Morgan fingerprint density at radius 2 is 2.19 bits per heavy atom. The van der Waals surface area contributed by atoms with Gasteiger partial charge in [0.25, 0.3) is 0 Å². The number of rotatable bonds is 4. The van der Waals surface area contributed by atoms with Crippen LogP contribution in [-0.4, -0.2) is 26.1 Å². The fourth-order valence-electron chi connectivity index (χ4n) is 1.68. The molecular weight excluding hydrogens is 208 g/mol. The van der Waals surface area contributed by atoms with Crippen molar-refractivity contribution in [1.82, 2.24) is 0 Å². The first-order valence-electron chi connectivity index (χ1n) is 5.45. The molecule has 4 nitrogen and oxygen atoms in total. The molecule has 2 aliphatic rings. The lowest BCUT2D eigenvalue weighted by molar-refractivity contribution is 0.0538. The topological polar surface area (TPSA) is 40.2 Å². The molecule has 2 atom stereocenters. The van der Waals surface area contributed by atoms with Gasteiger partial charge in [0.05, 0.1) is 19.3 Å². The van der Waals surface area contributed by atoms with Crippen LogP contribution in [0.2, 0.25) is 0 Å². The Morgan fingerprint density at radius 1 is 1.38 bits per heavy atom. The largest absolute Gasteiger partial charge is 0.454 e. The number of ether oxygens (including phenoxy) is 4. The zero-order valence-corrected chi connectivity index (χ0v) is 9.14. The van der Waals surface area contributed by atoms with Crippen LogP contribution in [0.5, 0.6) is 11.5 Å². The fraction of sp³-hybridized carbons (Fsp3) is 0.500. The van der Waals surface area contributed by atoms with Crippen LogP contribution >= 0.6 is 0 Å². The van der Waals surface area contributed by atoms with Crippen molar-refractivity contribution < 1.29 is 18.9 Å². The molecule has 0 unspecified atom stereocenters. The summed E-state index contributed by atoms with van der Waals surface area (Å²) in [6.07, 6.45) is 0.357. The van der Waals surface area contributed by atoms with Gasteiger partial charge in [-0.05, 0) is 24.6 Å². The van der Waals surface area contributed by atoms with Crippen LogP contribution < -0.4 is 9.47 Å². The van der Waals surface area contributed by atoms with Crippen molar-refractivity contribution in [2.24, 2.45) is 0 Å². The minimum absolute atomic E-state index is 0.0544. The van der Waals surface area contributed by atoms with Crippen LogP contribution in [0.4, 0.5) is 0 Å². The Hall–Kier alpha value is -1.26. The van der Waals surface area contributed by atoms with Gasteiger partial charge in [-0.1, -0.05) is 6.07 Å². The normalized spacial score (nSPS) is 23.2. The van der Waals surface area contributed by atoms with E-state index in [1.165, 1.54) is 0 Å². The van der Waals surface area contributed by atoms with Gasteiger partial charge < -0.3 is 18.9 Å². The average molecular weight is 222 g/mol. The van der Waals surface area contributed by atoms with E-state index in [0.717, 1.165) is 23.7 Å². The first-order valence-corrected chi connectivity index (χ1v) is 5.45. The SMILES string of the molecule is C[C@H](OC[C@@H]1CO1)c1ccc2c(c1)OCO2. The molecule has 0 saturated carbocycles. The van der Waals surface area contributed by atoms with Crippen LogP contribution in [-0.2, 0) is 9.47 Å². The van der Waals surface area contributed by atoms with Crippen LogP contribution in [0.3, 0.4) is 0 Å². The number of benzene rings is 1. The lowest BCUT2D eigenvalue weighted by Gasteiger charge is -2.12. The molecule has 4 heteroatoms. The summed E-state index contributed by atoms with van der Waals surface area (Å²) in [5.41, 5.74) is 1.10. The highest BCUT2D eigenvalue weighted by Crippen LogP contribution is 2.34. The van der Waals surface area contributed by atoms with Gasteiger partial charge in [0, 0.05) is 0 Å². The second-order valence-electron chi connectivity index (χ2n) is 4.04. The van der Waals surface area contributed by atoms with Gasteiger partial charge in [-0.2, -0.15) is 0 Å². The van der Waals surface area contributed by atoms with Crippen molar-refractivity contribution in [2.45, 2.75) is 19.1 Å². The molecule has 1 aromatic rings. The second kappa shape index (κ2) is 3.96. The molecule has 0 N–H and O–H groups in total. The lowest BCUT2D eigenvalue weighted by Crippen LogP contribution is -2.06. The van der Waals surface area contributed by atoms with Gasteiger partial charge in [-0.15, -0.1) is 0 Å². The van der Waals surface area contributed by atoms with E-state index in [0.29, 0.717) is 19.5 Å². The predicted octanol–water partition coefficient (Wildman–Crippen LogP) is 1.89. The van der Waals surface area contributed by atoms with E-state index in [4.69, 9.17) is 18.9 Å². The van der Waals surface area contributed by atoms with E-state index < -0.39 is 0 Å². The summed E-state index contributed by atoms with van der Waals surface area (Å²) in [6.45, 7) is 3.83. The number of hydrogen-bond acceptors (Lipinski definition) is 4. The molecule has 0 aromatic heterocycles. The maximum atomic E-state index is 5.69. The molecule has 0 amide bonds. The van der Waals surface area contributed by atoms with Crippen LogP contribution in [0.15, 0.2) is 18.2 Å². The number of fused-ring (bicyclic) bond motifs is 1. The molecule has 3 rings (SSSR count). The standard InChI is InChI=1S/C12H14O4/c1-8(13-5-10-6-14-10)9-2-3-11-12(4-9)16-7-15-11/h2-4,8,10H,5-7H2,1H3/t8-,10+/m0/s1. The molecule has 16 heavy (non-hydrogen) atoms.